The number of hydrogen-bond donors (Lipinski definition) is 1. The molecule has 0 bridgehead atoms. The molecule has 86 valence electrons. The number of anilines is 1. The average Bonchev–Trinajstić information content (AvgIpc) is 2.26. The van der Waals surface area contributed by atoms with Crippen LogP contribution in [-0.4, -0.2) is 30.1 Å². The number of carbonyl (C=O) groups excluding carboxylic acids is 1. The lowest BCUT2D eigenvalue weighted by atomic mass is 10.3. The Kier molecular flexibility index (Phi) is 4.58. The molecule has 4 nitrogen and oxygen atoms in total. The summed E-state index contributed by atoms with van der Waals surface area (Å²) in [5, 5.41) is 4.25. The molecule has 1 amide bonds. The highest BCUT2D eigenvalue weighted by Crippen LogP contribution is 2.13. The molecule has 1 aromatic rings. The summed E-state index contributed by atoms with van der Waals surface area (Å²) in [6, 6.07) is 6.88. The van der Waals surface area contributed by atoms with E-state index in [0.717, 1.165) is 0 Å². The number of rotatable bonds is 3. The minimum absolute atomic E-state index is 0.125. The molecule has 0 heterocycles. The molecule has 1 rings (SSSR count). The lowest BCUT2D eigenvalue weighted by molar-refractivity contribution is -0.121. The van der Waals surface area contributed by atoms with Crippen molar-refractivity contribution in [2.45, 2.75) is 0 Å². The first kappa shape index (κ1) is 12.8. The number of nitrogens with one attached hydrogen (secondary N) is 1. The van der Waals surface area contributed by atoms with Crippen LogP contribution < -0.4 is 5.43 Å². The summed E-state index contributed by atoms with van der Waals surface area (Å²) in [4.78, 5) is 12.7. The van der Waals surface area contributed by atoms with E-state index in [1.807, 2.05) is 0 Å². The third kappa shape index (κ3) is 3.72. The molecule has 0 aromatic heterocycles. The van der Waals surface area contributed by atoms with Crippen molar-refractivity contribution < 1.29 is 4.79 Å². The van der Waals surface area contributed by atoms with Gasteiger partial charge in [-0.25, -0.2) is 0 Å². The Labute approximate surface area is 104 Å². The molecular weight excluding hydrogens is 249 g/mol. The molecule has 1 N–H and O–H groups in total. The standard InChI is InChI=1S/C10H11Cl2N3O/c1-15(2)10(16)9(12)14-13-8-5-3-7(11)4-6-8/h3-6,13H,1-2H3/b14-9-. The third-order valence-electron chi connectivity index (χ3n) is 1.71. The van der Waals surface area contributed by atoms with Crippen LogP contribution in [0, 0.1) is 0 Å². The van der Waals surface area contributed by atoms with E-state index in [9.17, 15) is 4.79 Å². The Bertz CT molecular complexity index is 401. The van der Waals surface area contributed by atoms with Gasteiger partial charge in [0.05, 0.1) is 5.69 Å². The number of nitrogens with zero attached hydrogens (tertiary/aromatic N) is 2. The Balaban J connectivity index is 2.66. The van der Waals surface area contributed by atoms with Crippen molar-refractivity contribution >= 4 is 40.0 Å². The molecule has 0 radical (unpaired) electrons. The van der Waals surface area contributed by atoms with E-state index in [-0.39, 0.29) is 11.1 Å². The largest absolute Gasteiger partial charge is 0.343 e. The smallest absolute Gasteiger partial charge is 0.285 e. The number of hydrogen-bond acceptors (Lipinski definition) is 3. The predicted octanol–water partition coefficient (Wildman–Crippen LogP) is 2.39. The zero-order valence-electron chi connectivity index (χ0n) is 8.87. The van der Waals surface area contributed by atoms with E-state index >= 15 is 0 Å². The summed E-state index contributed by atoms with van der Waals surface area (Å²) < 4.78 is 0. The van der Waals surface area contributed by atoms with Gasteiger partial charge in [-0.3, -0.25) is 10.2 Å². The molecule has 0 unspecified atom stereocenters. The highest BCUT2D eigenvalue weighted by molar-refractivity contribution is 6.82. The minimum Gasteiger partial charge on any atom is -0.343 e. The fraction of sp³-hybridized carbons (Fsp3) is 0.200. The summed E-state index contributed by atoms with van der Waals surface area (Å²) in [6.07, 6.45) is 0. The van der Waals surface area contributed by atoms with Gasteiger partial charge in [0.2, 0.25) is 5.17 Å². The second-order valence-corrected chi connectivity index (χ2v) is 4.02. The van der Waals surface area contributed by atoms with Crippen LogP contribution in [0.2, 0.25) is 5.02 Å². The highest BCUT2D eigenvalue weighted by atomic mass is 35.5. The van der Waals surface area contributed by atoms with E-state index in [1.54, 1.807) is 38.4 Å². The van der Waals surface area contributed by atoms with Crippen LogP contribution in [0.25, 0.3) is 0 Å². The van der Waals surface area contributed by atoms with Crippen LogP contribution in [0.4, 0.5) is 5.69 Å². The lowest BCUT2D eigenvalue weighted by Crippen LogP contribution is -2.27. The van der Waals surface area contributed by atoms with Gasteiger partial charge in [0.15, 0.2) is 0 Å². The topological polar surface area (TPSA) is 44.7 Å². The maximum Gasteiger partial charge on any atom is 0.285 e. The van der Waals surface area contributed by atoms with E-state index in [1.165, 1.54) is 4.90 Å². The first-order chi connectivity index (χ1) is 7.50. The summed E-state index contributed by atoms with van der Waals surface area (Å²) in [5.41, 5.74) is 3.36. The van der Waals surface area contributed by atoms with E-state index in [4.69, 9.17) is 23.2 Å². The maximum atomic E-state index is 11.3. The molecule has 0 saturated heterocycles. The van der Waals surface area contributed by atoms with Gasteiger partial charge >= 0.3 is 0 Å². The van der Waals surface area contributed by atoms with Crippen molar-refractivity contribution in [1.82, 2.24) is 4.90 Å². The predicted molar refractivity (Wildman–Crippen MR) is 67.1 cm³/mol. The van der Waals surface area contributed by atoms with Crippen molar-refractivity contribution in [3.8, 4) is 0 Å². The zero-order valence-corrected chi connectivity index (χ0v) is 10.4. The van der Waals surface area contributed by atoms with Gasteiger partial charge < -0.3 is 4.90 Å². The molecule has 6 heteroatoms. The molecule has 1 aromatic carbocycles. The first-order valence-corrected chi connectivity index (χ1v) is 5.22. The molecule has 16 heavy (non-hydrogen) atoms. The minimum atomic E-state index is -0.358. The van der Waals surface area contributed by atoms with Crippen LogP contribution in [-0.2, 0) is 4.79 Å². The number of benzene rings is 1. The third-order valence-corrected chi connectivity index (χ3v) is 2.21. The number of hydrazone groups is 1. The Hall–Kier alpha value is -1.26. The van der Waals surface area contributed by atoms with Crippen molar-refractivity contribution in [2.24, 2.45) is 5.10 Å². The maximum absolute atomic E-state index is 11.3. The van der Waals surface area contributed by atoms with Crippen LogP contribution >= 0.6 is 23.2 Å². The highest BCUT2D eigenvalue weighted by Gasteiger charge is 2.10. The monoisotopic (exact) mass is 259 g/mol. The van der Waals surface area contributed by atoms with Crippen molar-refractivity contribution in [1.29, 1.82) is 0 Å². The lowest BCUT2D eigenvalue weighted by Gasteiger charge is -2.08. The Morgan fingerprint density at radius 3 is 2.38 bits per heavy atom. The molecule has 0 atom stereocenters. The van der Waals surface area contributed by atoms with Crippen LogP contribution in [0.3, 0.4) is 0 Å². The van der Waals surface area contributed by atoms with Crippen molar-refractivity contribution in [2.75, 3.05) is 19.5 Å². The molecule has 0 aliphatic carbocycles. The zero-order chi connectivity index (χ0) is 12.1. The number of carbonyl (C=O) groups is 1. The van der Waals surface area contributed by atoms with Gasteiger partial charge in [-0.2, -0.15) is 5.10 Å². The van der Waals surface area contributed by atoms with E-state index in [0.29, 0.717) is 10.7 Å². The van der Waals surface area contributed by atoms with Crippen LogP contribution in [0.1, 0.15) is 0 Å². The van der Waals surface area contributed by atoms with Crippen LogP contribution in [0.15, 0.2) is 29.4 Å². The van der Waals surface area contributed by atoms with Gasteiger partial charge in [0.25, 0.3) is 5.91 Å². The molecule has 0 aliphatic rings. The SMILES string of the molecule is CN(C)C(=O)/C(Cl)=N/Nc1ccc(Cl)cc1. The molecule has 0 spiro atoms. The first-order valence-electron chi connectivity index (χ1n) is 4.47. The van der Waals surface area contributed by atoms with Crippen molar-refractivity contribution in [3.05, 3.63) is 29.3 Å². The van der Waals surface area contributed by atoms with Gasteiger partial charge in [-0.05, 0) is 24.3 Å². The fourth-order valence-corrected chi connectivity index (χ4v) is 1.21. The molecular formula is C10H11Cl2N3O. The molecule has 0 fully saturated rings. The number of amides is 1. The van der Waals surface area contributed by atoms with Crippen LogP contribution in [0.5, 0.6) is 0 Å². The summed E-state index contributed by atoms with van der Waals surface area (Å²) in [5.74, 6) is -0.358. The fourth-order valence-electron chi connectivity index (χ4n) is 0.870. The van der Waals surface area contributed by atoms with Gasteiger partial charge in [-0.1, -0.05) is 23.2 Å². The van der Waals surface area contributed by atoms with Crippen molar-refractivity contribution in [3.63, 3.8) is 0 Å². The second-order valence-electron chi connectivity index (χ2n) is 3.22. The average molecular weight is 260 g/mol. The molecule has 0 saturated carbocycles. The Morgan fingerprint density at radius 1 is 1.31 bits per heavy atom. The van der Waals surface area contributed by atoms with Gasteiger partial charge in [-0.15, -0.1) is 0 Å². The summed E-state index contributed by atoms with van der Waals surface area (Å²) in [6.45, 7) is 0. The van der Waals surface area contributed by atoms with E-state index in [2.05, 4.69) is 10.5 Å². The second kappa shape index (κ2) is 5.72. The Morgan fingerprint density at radius 2 is 1.88 bits per heavy atom. The van der Waals surface area contributed by atoms with Gasteiger partial charge in [0.1, 0.15) is 0 Å². The van der Waals surface area contributed by atoms with E-state index < -0.39 is 0 Å². The summed E-state index contributed by atoms with van der Waals surface area (Å²) >= 11 is 11.4. The van der Waals surface area contributed by atoms with Gasteiger partial charge in [0, 0.05) is 19.1 Å². The number of halogens is 2. The normalized spacial score (nSPS) is 11.1. The summed E-state index contributed by atoms with van der Waals surface area (Å²) in [7, 11) is 3.20. The molecule has 0 aliphatic heterocycles. The quantitative estimate of drug-likeness (QED) is 0.670.